The third-order valence-corrected chi connectivity index (χ3v) is 1.05. The van der Waals surface area contributed by atoms with Crippen LogP contribution in [0.5, 0.6) is 0 Å². The summed E-state index contributed by atoms with van der Waals surface area (Å²) >= 11 is 0. The van der Waals surface area contributed by atoms with Crippen molar-refractivity contribution in [3.63, 3.8) is 0 Å². The number of aliphatic imine (C=N–C) groups is 1. The number of ketones is 1. The molecule has 1 rings (SSSR count). The Kier molecular flexibility index (Phi) is 1.82. The van der Waals surface area contributed by atoms with Crippen LogP contribution in [0.4, 0.5) is 0 Å². The molecular formula is C6H9NO2. The van der Waals surface area contributed by atoms with E-state index >= 15 is 0 Å². The van der Waals surface area contributed by atoms with Crippen molar-refractivity contribution in [2.24, 2.45) is 4.99 Å². The Balaban J connectivity index is 2.35. The maximum atomic E-state index is 10.4. The zero-order chi connectivity index (χ0) is 6.69. The predicted molar refractivity (Wildman–Crippen MR) is 33.6 cm³/mol. The van der Waals surface area contributed by atoms with Crippen LogP contribution in [0.1, 0.15) is 13.3 Å². The molecule has 0 saturated heterocycles. The number of Topliss-reactive ketones (excluding diaryl/α,β-unsaturated/α-hetero) is 1. The van der Waals surface area contributed by atoms with Crippen molar-refractivity contribution in [3.8, 4) is 0 Å². The molecule has 9 heavy (non-hydrogen) atoms. The van der Waals surface area contributed by atoms with Gasteiger partial charge in [0.15, 0.2) is 5.90 Å². The largest absolute Gasteiger partial charge is 0.479 e. The third-order valence-electron chi connectivity index (χ3n) is 1.05. The number of hydrogen-bond acceptors (Lipinski definition) is 3. The van der Waals surface area contributed by atoms with Crippen LogP contribution in [-0.4, -0.2) is 24.8 Å². The lowest BCUT2D eigenvalue weighted by molar-refractivity contribution is -0.116. The van der Waals surface area contributed by atoms with Gasteiger partial charge in [-0.1, -0.05) is 0 Å². The summed E-state index contributed by atoms with van der Waals surface area (Å²) < 4.78 is 4.99. The highest BCUT2D eigenvalue weighted by Gasteiger charge is 2.08. The summed E-state index contributed by atoms with van der Waals surface area (Å²) in [5.74, 6) is 0.707. The molecule has 0 unspecified atom stereocenters. The molecule has 0 bridgehead atoms. The van der Waals surface area contributed by atoms with Gasteiger partial charge in [-0.3, -0.25) is 9.79 Å². The normalized spacial score (nSPS) is 16.8. The molecule has 1 heterocycles. The van der Waals surface area contributed by atoms with Crippen molar-refractivity contribution >= 4 is 11.7 Å². The summed E-state index contributed by atoms with van der Waals surface area (Å²) in [6.45, 7) is 2.88. The van der Waals surface area contributed by atoms with Crippen molar-refractivity contribution in [1.29, 1.82) is 0 Å². The summed E-state index contributed by atoms with van der Waals surface area (Å²) in [4.78, 5) is 14.4. The molecule has 1 aliphatic heterocycles. The third kappa shape index (κ3) is 1.83. The van der Waals surface area contributed by atoms with Gasteiger partial charge < -0.3 is 4.74 Å². The first kappa shape index (κ1) is 6.26. The highest BCUT2D eigenvalue weighted by Crippen LogP contribution is 1.98. The van der Waals surface area contributed by atoms with Crippen LogP contribution in [0, 0.1) is 0 Å². The summed E-state index contributed by atoms with van der Waals surface area (Å²) in [6, 6.07) is 0. The molecule has 0 N–H and O–H groups in total. The van der Waals surface area contributed by atoms with E-state index in [2.05, 4.69) is 4.99 Å². The first-order valence-electron chi connectivity index (χ1n) is 2.94. The molecule has 0 aromatic heterocycles. The Hall–Kier alpha value is -0.860. The van der Waals surface area contributed by atoms with E-state index in [0.717, 1.165) is 0 Å². The van der Waals surface area contributed by atoms with Crippen LogP contribution in [-0.2, 0) is 9.53 Å². The first-order chi connectivity index (χ1) is 4.29. The Bertz CT molecular complexity index is 151. The van der Waals surface area contributed by atoms with E-state index in [1.54, 1.807) is 0 Å². The number of carbonyl (C=O) groups excluding carboxylic acids is 1. The first-order valence-corrected chi connectivity index (χ1v) is 2.94. The van der Waals surface area contributed by atoms with E-state index in [-0.39, 0.29) is 5.78 Å². The van der Waals surface area contributed by atoms with E-state index in [9.17, 15) is 4.79 Å². The molecular weight excluding hydrogens is 118 g/mol. The van der Waals surface area contributed by atoms with E-state index in [4.69, 9.17) is 4.74 Å². The van der Waals surface area contributed by atoms with Gasteiger partial charge in [0, 0.05) is 0 Å². The number of carbonyl (C=O) groups is 1. The summed E-state index contributed by atoms with van der Waals surface area (Å²) in [7, 11) is 0. The minimum absolute atomic E-state index is 0.107. The topological polar surface area (TPSA) is 38.7 Å². The predicted octanol–water partition coefficient (Wildman–Crippen LogP) is 0.394. The van der Waals surface area contributed by atoms with Gasteiger partial charge in [-0.25, -0.2) is 0 Å². The maximum absolute atomic E-state index is 10.4. The Labute approximate surface area is 53.7 Å². The Morgan fingerprint density at radius 1 is 1.89 bits per heavy atom. The van der Waals surface area contributed by atoms with Crippen LogP contribution in [0.15, 0.2) is 4.99 Å². The molecule has 0 aromatic rings. The van der Waals surface area contributed by atoms with E-state index in [1.165, 1.54) is 6.92 Å². The maximum Gasteiger partial charge on any atom is 0.190 e. The molecule has 3 nitrogen and oxygen atoms in total. The van der Waals surface area contributed by atoms with Crippen molar-refractivity contribution < 1.29 is 9.53 Å². The molecule has 0 saturated carbocycles. The summed E-state index contributed by atoms with van der Waals surface area (Å²) in [6.07, 6.45) is 0.361. The van der Waals surface area contributed by atoms with E-state index in [1.807, 2.05) is 0 Å². The van der Waals surface area contributed by atoms with Crippen molar-refractivity contribution in [2.45, 2.75) is 13.3 Å². The van der Waals surface area contributed by atoms with Crippen LogP contribution < -0.4 is 0 Å². The molecule has 50 valence electrons. The molecule has 3 heteroatoms. The zero-order valence-corrected chi connectivity index (χ0v) is 5.39. The molecule has 0 aliphatic carbocycles. The van der Waals surface area contributed by atoms with Crippen molar-refractivity contribution in [2.75, 3.05) is 13.2 Å². The highest BCUT2D eigenvalue weighted by molar-refractivity contribution is 5.97. The van der Waals surface area contributed by atoms with Gasteiger partial charge in [-0.15, -0.1) is 0 Å². The molecule has 0 amide bonds. The standard InChI is InChI=1S/C6H9NO2/c1-5(8)4-6-7-2-3-9-6/h2-4H2,1H3. The van der Waals surface area contributed by atoms with E-state index in [0.29, 0.717) is 25.5 Å². The van der Waals surface area contributed by atoms with Crippen molar-refractivity contribution in [3.05, 3.63) is 0 Å². The molecule has 1 aliphatic rings. The summed E-state index contributed by atoms with van der Waals surface area (Å²) in [5.41, 5.74) is 0. The van der Waals surface area contributed by atoms with Gasteiger partial charge >= 0.3 is 0 Å². The quantitative estimate of drug-likeness (QED) is 0.538. The fraction of sp³-hybridized carbons (Fsp3) is 0.667. The van der Waals surface area contributed by atoms with Crippen LogP contribution in [0.25, 0.3) is 0 Å². The number of ether oxygens (including phenoxy) is 1. The smallest absolute Gasteiger partial charge is 0.190 e. The lowest BCUT2D eigenvalue weighted by Gasteiger charge is -1.94. The van der Waals surface area contributed by atoms with Gasteiger partial charge in [-0.05, 0) is 6.92 Å². The second-order valence-electron chi connectivity index (χ2n) is 2.00. The van der Waals surface area contributed by atoms with E-state index < -0.39 is 0 Å². The fourth-order valence-corrected chi connectivity index (χ4v) is 0.699. The van der Waals surface area contributed by atoms with Gasteiger partial charge in [0.1, 0.15) is 12.4 Å². The monoisotopic (exact) mass is 127 g/mol. The Morgan fingerprint density at radius 2 is 2.67 bits per heavy atom. The average Bonchev–Trinajstić information content (AvgIpc) is 2.15. The average molecular weight is 127 g/mol. The van der Waals surface area contributed by atoms with Gasteiger partial charge in [0.05, 0.1) is 13.0 Å². The minimum Gasteiger partial charge on any atom is -0.479 e. The molecule has 0 fully saturated rings. The van der Waals surface area contributed by atoms with Crippen LogP contribution in [0.3, 0.4) is 0 Å². The van der Waals surface area contributed by atoms with Crippen LogP contribution in [0.2, 0.25) is 0 Å². The number of hydrogen-bond donors (Lipinski definition) is 0. The fourth-order valence-electron chi connectivity index (χ4n) is 0.699. The number of rotatable bonds is 2. The second kappa shape index (κ2) is 2.62. The molecule has 0 atom stereocenters. The van der Waals surface area contributed by atoms with Crippen molar-refractivity contribution in [1.82, 2.24) is 0 Å². The minimum atomic E-state index is 0.107. The lowest BCUT2D eigenvalue weighted by atomic mass is 10.3. The van der Waals surface area contributed by atoms with Crippen LogP contribution >= 0.6 is 0 Å². The molecule has 0 aromatic carbocycles. The SMILES string of the molecule is CC(=O)CC1=NCCO1. The summed E-state index contributed by atoms with van der Waals surface area (Å²) in [5, 5.41) is 0. The molecule has 0 radical (unpaired) electrons. The zero-order valence-electron chi connectivity index (χ0n) is 5.39. The number of nitrogens with zero attached hydrogens (tertiary/aromatic N) is 1. The lowest BCUT2D eigenvalue weighted by Crippen LogP contribution is -2.04. The highest BCUT2D eigenvalue weighted by atomic mass is 16.5. The molecule has 0 spiro atoms. The van der Waals surface area contributed by atoms with Gasteiger partial charge in [0.2, 0.25) is 0 Å². The Morgan fingerprint density at radius 3 is 3.11 bits per heavy atom. The van der Waals surface area contributed by atoms with Gasteiger partial charge in [-0.2, -0.15) is 0 Å². The van der Waals surface area contributed by atoms with Gasteiger partial charge in [0.25, 0.3) is 0 Å². The second-order valence-corrected chi connectivity index (χ2v) is 2.00.